The van der Waals surface area contributed by atoms with Gasteiger partial charge in [-0.25, -0.2) is 0 Å². The molecule has 1 aromatic rings. The zero-order chi connectivity index (χ0) is 14.5. The van der Waals surface area contributed by atoms with Gasteiger partial charge in [0.2, 0.25) is 5.91 Å². The number of thioether (sulfide) groups is 1. The Bertz CT molecular complexity index is 509. The van der Waals surface area contributed by atoms with E-state index in [-0.39, 0.29) is 23.6 Å². The Morgan fingerprint density at radius 3 is 2.75 bits per heavy atom. The minimum Gasteiger partial charge on any atom is -0.481 e. The van der Waals surface area contributed by atoms with Crippen LogP contribution in [0.25, 0.3) is 0 Å². The van der Waals surface area contributed by atoms with Crippen LogP contribution in [0.15, 0.2) is 29.2 Å². The summed E-state index contributed by atoms with van der Waals surface area (Å²) in [4.78, 5) is 23.6. The molecule has 0 radical (unpaired) electrons. The summed E-state index contributed by atoms with van der Waals surface area (Å²) in [5.41, 5.74) is 0. The second kappa shape index (κ2) is 6.99. The quantitative estimate of drug-likeness (QED) is 0.820. The van der Waals surface area contributed by atoms with E-state index in [1.807, 2.05) is 18.2 Å². The maximum atomic E-state index is 11.8. The molecule has 4 nitrogen and oxygen atoms in total. The summed E-state index contributed by atoms with van der Waals surface area (Å²) < 4.78 is 0. The van der Waals surface area contributed by atoms with Gasteiger partial charge in [0.25, 0.3) is 0 Å². The van der Waals surface area contributed by atoms with Gasteiger partial charge >= 0.3 is 5.97 Å². The van der Waals surface area contributed by atoms with Crippen molar-refractivity contribution in [3.05, 3.63) is 29.3 Å². The van der Waals surface area contributed by atoms with Gasteiger partial charge in [0.15, 0.2) is 0 Å². The van der Waals surface area contributed by atoms with Crippen LogP contribution in [-0.2, 0) is 9.59 Å². The first-order chi connectivity index (χ1) is 9.56. The normalized spacial score (nSPS) is 21.6. The third kappa shape index (κ3) is 4.15. The fraction of sp³-hybridized carbons (Fsp3) is 0.429. The molecule has 0 spiro atoms. The SMILES string of the molecule is O=C(CSc1ccccc1Cl)NC1CCC(C(=O)O)C1. The van der Waals surface area contributed by atoms with Crippen molar-refractivity contribution in [2.75, 3.05) is 5.75 Å². The molecule has 108 valence electrons. The number of nitrogens with one attached hydrogen (secondary N) is 1. The predicted octanol–water partition coefficient (Wildman–Crippen LogP) is 2.80. The van der Waals surface area contributed by atoms with E-state index in [2.05, 4.69) is 5.32 Å². The van der Waals surface area contributed by atoms with Gasteiger partial charge in [0.05, 0.1) is 16.7 Å². The van der Waals surface area contributed by atoms with Crippen LogP contribution in [0.1, 0.15) is 19.3 Å². The maximum absolute atomic E-state index is 11.8. The molecule has 1 aliphatic carbocycles. The van der Waals surface area contributed by atoms with Gasteiger partial charge in [-0.1, -0.05) is 23.7 Å². The lowest BCUT2D eigenvalue weighted by molar-refractivity contribution is -0.141. The number of hydrogen-bond donors (Lipinski definition) is 2. The molecule has 0 heterocycles. The smallest absolute Gasteiger partial charge is 0.306 e. The third-order valence-corrected chi connectivity index (χ3v) is 4.86. The Balaban J connectivity index is 1.77. The highest BCUT2D eigenvalue weighted by molar-refractivity contribution is 8.00. The lowest BCUT2D eigenvalue weighted by Crippen LogP contribution is -2.34. The fourth-order valence-electron chi connectivity index (χ4n) is 2.31. The van der Waals surface area contributed by atoms with E-state index in [1.165, 1.54) is 11.8 Å². The number of rotatable bonds is 5. The van der Waals surface area contributed by atoms with Gasteiger partial charge in [-0.15, -0.1) is 11.8 Å². The molecule has 1 saturated carbocycles. The first kappa shape index (κ1) is 15.2. The van der Waals surface area contributed by atoms with Crippen LogP contribution in [0.3, 0.4) is 0 Å². The van der Waals surface area contributed by atoms with Crippen molar-refractivity contribution in [1.82, 2.24) is 5.32 Å². The van der Waals surface area contributed by atoms with Crippen molar-refractivity contribution in [2.24, 2.45) is 5.92 Å². The summed E-state index contributed by atoms with van der Waals surface area (Å²) in [6.07, 6.45) is 1.90. The molecule has 1 aromatic carbocycles. The van der Waals surface area contributed by atoms with Gasteiger partial charge in [0.1, 0.15) is 0 Å². The van der Waals surface area contributed by atoms with Gasteiger partial charge in [-0.05, 0) is 31.4 Å². The molecule has 1 aliphatic rings. The van der Waals surface area contributed by atoms with Crippen LogP contribution in [0.4, 0.5) is 0 Å². The first-order valence-corrected chi connectivity index (χ1v) is 7.82. The molecular weight excluding hydrogens is 298 g/mol. The van der Waals surface area contributed by atoms with Crippen molar-refractivity contribution >= 4 is 35.2 Å². The molecule has 20 heavy (non-hydrogen) atoms. The Labute approximate surface area is 126 Å². The molecule has 2 unspecified atom stereocenters. The molecule has 0 bridgehead atoms. The topological polar surface area (TPSA) is 66.4 Å². The van der Waals surface area contributed by atoms with Crippen LogP contribution in [0, 0.1) is 5.92 Å². The molecule has 2 rings (SSSR count). The Morgan fingerprint density at radius 2 is 2.10 bits per heavy atom. The van der Waals surface area contributed by atoms with Gasteiger partial charge < -0.3 is 10.4 Å². The Kier molecular flexibility index (Phi) is 5.31. The fourth-order valence-corrected chi connectivity index (χ4v) is 3.36. The number of carboxylic acids is 1. The predicted molar refractivity (Wildman–Crippen MR) is 79.1 cm³/mol. The van der Waals surface area contributed by atoms with E-state index in [0.717, 1.165) is 11.3 Å². The molecule has 0 aromatic heterocycles. The summed E-state index contributed by atoms with van der Waals surface area (Å²) in [5, 5.41) is 12.4. The molecule has 0 saturated heterocycles. The first-order valence-electron chi connectivity index (χ1n) is 6.45. The largest absolute Gasteiger partial charge is 0.481 e. The lowest BCUT2D eigenvalue weighted by Gasteiger charge is -2.12. The van der Waals surface area contributed by atoms with Crippen LogP contribution in [-0.4, -0.2) is 28.8 Å². The van der Waals surface area contributed by atoms with Crippen LogP contribution < -0.4 is 5.32 Å². The molecule has 0 aliphatic heterocycles. The summed E-state index contributed by atoms with van der Waals surface area (Å²) in [5.74, 6) is -0.882. The number of halogens is 1. The van der Waals surface area contributed by atoms with Crippen molar-refractivity contribution in [2.45, 2.75) is 30.2 Å². The number of carbonyl (C=O) groups is 2. The van der Waals surface area contributed by atoms with Gasteiger partial charge in [-0.2, -0.15) is 0 Å². The van der Waals surface area contributed by atoms with Gasteiger partial charge in [0, 0.05) is 10.9 Å². The second-order valence-corrected chi connectivity index (χ2v) is 6.26. The van der Waals surface area contributed by atoms with Crippen molar-refractivity contribution < 1.29 is 14.7 Å². The molecular formula is C14H16ClNO3S. The lowest BCUT2D eigenvalue weighted by atomic mass is 10.1. The van der Waals surface area contributed by atoms with E-state index in [4.69, 9.17) is 16.7 Å². The Hall–Kier alpha value is -1.20. The highest BCUT2D eigenvalue weighted by Crippen LogP contribution is 2.28. The minimum atomic E-state index is -0.771. The van der Waals surface area contributed by atoms with Crippen LogP contribution in [0.5, 0.6) is 0 Å². The maximum Gasteiger partial charge on any atom is 0.306 e. The van der Waals surface area contributed by atoms with Crippen molar-refractivity contribution in [3.8, 4) is 0 Å². The monoisotopic (exact) mass is 313 g/mol. The number of benzene rings is 1. The molecule has 1 amide bonds. The summed E-state index contributed by atoms with van der Waals surface area (Å²) in [7, 11) is 0. The van der Waals surface area contributed by atoms with E-state index in [1.54, 1.807) is 6.07 Å². The van der Waals surface area contributed by atoms with Gasteiger partial charge in [-0.3, -0.25) is 9.59 Å². The average molecular weight is 314 g/mol. The summed E-state index contributed by atoms with van der Waals surface area (Å²) >= 11 is 7.40. The second-order valence-electron chi connectivity index (χ2n) is 4.83. The number of carbonyl (C=O) groups excluding carboxylic acids is 1. The molecule has 2 N–H and O–H groups in total. The van der Waals surface area contributed by atoms with Crippen LogP contribution in [0.2, 0.25) is 5.02 Å². The summed E-state index contributed by atoms with van der Waals surface area (Å²) in [6, 6.07) is 7.36. The zero-order valence-corrected chi connectivity index (χ0v) is 12.4. The molecule has 1 fully saturated rings. The van der Waals surface area contributed by atoms with E-state index < -0.39 is 5.97 Å². The van der Waals surface area contributed by atoms with E-state index >= 15 is 0 Å². The minimum absolute atomic E-state index is 0.0181. The zero-order valence-electron chi connectivity index (χ0n) is 10.8. The number of amides is 1. The highest BCUT2D eigenvalue weighted by atomic mass is 35.5. The number of carboxylic acid groups (broad SMARTS) is 1. The van der Waals surface area contributed by atoms with E-state index in [9.17, 15) is 9.59 Å². The molecule has 6 heteroatoms. The highest BCUT2D eigenvalue weighted by Gasteiger charge is 2.30. The molecule has 2 atom stereocenters. The number of hydrogen-bond acceptors (Lipinski definition) is 3. The Morgan fingerprint density at radius 1 is 1.35 bits per heavy atom. The van der Waals surface area contributed by atoms with Crippen LogP contribution >= 0.6 is 23.4 Å². The average Bonchev–Trinajstić information content (AvgIpc) is 2.86. The van der Waals surface area contributed by atoms with E-state index in [0.29, 0.717) is 17.9 Å². The van der Waals surface area contributed by atoms with Crippen molar-refractivity contribution in [3.63, 3.8) is 0 Å². The number of aliphatic carboxylic acids is 1. The third-order valence-electron chi connectivity index (χ3n) is 3.34. The summed E-state index contributed by atoms with van der Waals surface area (Å²) in [6.45, 7) is 0. The standard InChI is InChI=1S/C14H16ClNO3S/c15-11-3-1-2-4-12(11)20-8-13(17)16-10-6-5-9(7-10)14(18)19/h1-4,9-10H,5-8H2,(H,16,17)(H,18,19). The van der Waals surface area contributed by atoms with Crippen molar-refractivity contribution in [1.29, 1.82) is 0 Å².